The summed E-state index contributed by atoms with van der Waals surface area (Å²) in [6.07, 6.45) is 2.21. The van der Waals surface area contributed by atoms with Crippen molar-refractivity contribution in [2.75, 3.05) is 32.8 Å². The lowest BCUT2D eigenvalue weighted by atomic mass is 10.1. The van der Waals surface area contributed by atoms with E-state index in [0.29, 0.717) is 31.4 Å². The Bertz CT molecular complexity index is 766. The van der Waals surface area contributed by atoms with E-state index in [-0.39, 0.29) is 30.7 Å². The van der Waals surface area contributed by atoms with Gasteiger partial charge in [0.2, 0.25) is 0 Å². The largest absolute Gasteiger partial charge is 0.486 e. The van der Waals surface area contributed by atoms with Gasteiger partial charge in [0.1, 0.15) is 23.9 Å². The number of carbonyl (C=O) groups excluding carboxylic acids is 1. The third kappa shape index (κ3) is 5.25. The topological polar surface area (TPSA) is 72.5 Å². The third-order valence-corrected chi connectivity index (χ3v) is 5.42. The van der Waals surface area contributed by atoms with Crippen LogP contribution in [-0.4, -0.2) is 43.7 Å². The highest BCUT2D eigenvalue weighted by atomic mass is 35.5. The molecule has 4 rings (SSSR count). The van der Waals surface area contributed by atoms with Crippen LogP contribution in [0, 0.1) is 5.92 Å². The minimum absolute atomic E-state index is 0. The quantitative estimate of drug-likeness (QED) is 0.760. The van der Waals surface area contributed by atoms with Crippen LogP contribution in [0.2, 0.25) is 0 Å². The summed E-state index contributed by atoms with van der Waals surface area (Å²) in [4.78, 5) is 16.7. The second kappa shape index (κ2) is 10.1. The van der Waals surface area contributed by atoms with Gasteiger partial charge < -0.3 is 20.1 Å². The molecule has 2 aliphatic heterocycles. The van der Waals surface area contributed by atoms with Crippen molar-refractivity contribution in [3.05, 3.63) is 29.3 Å². The Hall–Kier alpha value is -1.54. The van der Waals surface area contributed by atoms with E-state index < -0.39 is 0 Å². The summed E-state index contributed by atoms with van der Waals surface area (Å²) in [5.41, 5.74) is 1.41. The van der Waals surface area contributed by atoms with Crippen LogP contribution in [0.3, 0.4) is 0 Å². The fourth-order valence-corrected chi connectivity index (χ4v) is 3.93. The molecule has 2 aliphatic rings. The number of rotatable bonds is 5. The van der Waals surface area contributed by atoms with Crippen molar-refractivity contribution in [2.24, 2.45) is 5.92 Å². The smallest absolute Gasteiger partial charge is 0.270 e. The Morgan fingerprint density at radius 1 is 1.26 bits per heavy atom. The molecule has 1 fully saturated rings. The van der Waals surface area contributed by atoms with Crippen molar-refractivity contribution >= 4 is 42.1 Å². The molecule has 0 spiro atoms. The molecular weight excluding hydrogens is 409 g/mol. The Balaban J connectivity index is 0.00000131. The first-order valence-corrected chi connectivity index (χ1v) is 9.52. The zero-order valence-corrected chi connectivity index (χ0v) is 17.2. The van der Waals surface area contributed by atoms with Crippen LogP contribution in [0.1, 0.15) is 23.3 Å². The fraction of sp³-hybridized carbons (Fsp3) is 0.444. The molecule has 1 unspecified atom stereocenters. The Labute approximate surface area is 174 Å². The van der Waals surface area contributed by atoms with Gasteiger partial charge in [0, 0.05) is 17.5 Å². The van der Waals surface area contributed by atoms with Crippen molar-refractivity contribution in [3.8, 4) is 22.1 Å². The van der Waals surface area contributed by atoms with Gasteiger partial charge in [-0.3, -0.25) is 4.79 Å². The molecule has 3 heterocycles. The molecule has 27 heavy (non-hydrogen) atoms. The maximum Gasteiger partial charge on any atom is 0.270 e. The zero-order chi connectivity index (χ0) is 17.1. The highest BCUT2D eigenvalue weighted by Gasteiger charge is 2.17. The third-order valence-electron chi connectivity index (χ3n) is 4.53. The molecule has 148 valence electrons. The van der Waals surface area contributed by atoms with E-state index in [1.165, 1.54) is 17.8 Å². The Kier molecular flexibility index (Phi) is 8.16. The summed E-state index contributed by atoms with van der Waals surface area (Å²) in [6, 6.07) is 5.75. The number of thiazole rings is 1. The Morgan fingerprint density at radius 2 is 2.07 bits per heavy atom. The number of hydrogen-bond donors (Lipinski definition) is 2. The predicted octanol–water partition coefficient (Wildman–Crippen LogP) is 3.15. The summed E-state index contributed by atoms with van der Waals surface area (Å²) >= 11 is 1.46. The average molecular weight is 432 g/mol. The van der Waals surface area contributed by atoms with Gasteiger partial charge in [-0.25, -0.2) is 4.98 Å². The van der Waals surface area contributed by atoms with Crippen molar-refractivity contribution < 1.29 is 14.3 Å². The summed E-state index contributed by atoms with van der Waals surface area (Å²) in [6.45, 7) is 3.97. The molecule has 2 N–H and O–H groups in total. The van der Waals surface area contributed by atoms with Gasteiger partial charge in [0.25, 0.3) is 5.91 Å². The van der Waals surface area contributed by atoms with Crippen molar-refractivity contribution in [1.29, 1.82) is 0 Å². The lowest BCUT2D eigenvalue weighted by molar-refractivity contribution is 0.0947. The first-order valence-electron chi connectivity index (χ1n) is 8.64. The van der Waals surface area contributed by atoms with Crippen molar-refractivity contribution in [3.63, 3.8) is 0 Å². The van der Waals surface area contributed by atoms with E-state index in [1.54, 1.807) is 5.38 Å². The fourth-order valence-electron chi connectivity index (χ4n) is 3.13. The van der Waals surface area contributed by atoms with Crippen LogP contribution in [0.5, 0.6) is 11.5 Å². The molecule has 0 radical (unpaired) electrons. The number of benzene rings is 1. The SMILES string of the molecule is Cl.Cl.O=C(NCCC1CCNC1)c1csc(-c2ccc3c(c2)OCCO3)n1. The molecule has 1 aromatic carbocycles. The Morgan fingerprint density at radius 3 is 2.85 bits per heavy atom. The van der Waals surface area contributed by atoms with E-state index in [0.717, 1.165) is 41.6 Å². The summed E-state index contributed by atoms with van der Waals surface area (Å²) in [7, 11) is 0. The van der Waals surface area contributed by atoms with Crippen molar-refractivity contribution in [2.45, 2.75) is 12.8 Å². The number of hydrogen-bond acceptors (Lipinski definition) is 6. The summed E-state index contributed by atoms with van der Waals surface area (Å²) < 4.78 is 11.1. The summed E-state index contributed by atoms with van der Waals surface area (Å²) in [5, 5.41) is 8.93. The van der Waals surface area contributed by atoms with Crippen LogP contribution in [0.15, 0.2) is 23.6 Å². The molecule has 1 saturated heterocycles. The van der Waals surface area contributed by atoms with Crippen LogP contribution >= 0.6 is 36.2 Å². The van der Waals surface area contributed by atoms with Gasteiger partial charge in [-0.1, -0.05) is 0 Å². The minimum Gasteiger partial charge on any atom is -0.486 e. The average Bonchev–Trinajstić information content (AvgIpc) is 3.33. The minimum atomic E-state index is -0.106. The maximum atomic E-state index is 12.3. The lowest BCUT2D eigenvalue weighted by Crippen LogP contribution is -2.26. The van der Waals surface area contributed by atoms with Crippen molar-refractivity contribution in [1.82, 2.24) is 15.6 Å². The molecule has 0 aliphatic carbocycles. The number of nitrogens with one attached hydrogen (secondary N) is 2. The second-order valence-corrected chi connectivity index (χ2v) is 7.16. The number of fused-ring (bicyclic) bond motifs is 1. The van der Waals surface area contributed by atoms with E-state index in [4.69, 9.17) is 9.47 Å². The normalized spacial score (nSPS) is 17.6. The standard InChI is InChI=1S/C18H21N3O3S.2ClH/c22-17(20-6-4-12-3-5-19-10-12)14-11-25-18(21-14)13-1-2-15-16(9-13)24-8-7-23-15;;/h1-2,9,11-12,19H,3-8,10H2,(H,20,22);2*1H. The van der Waals surface area contributed by atoms with Gasteiger partial charge >= 0.3 is 0 Å². The van der Waals surface area contributed by atoms with Gasteiger partial charge in [-0.2, -0.15) is 0 Å². The van der Waals surface area contributed by atoms with E-state index >= 15 is 0 Å². The number of halogens is 2. The van der Waals surface area contributed by atoms with Gasteiger partial charge in [0.05, 0.1) is 0 Å². The summed E-state index contributed by atoms with van der Waals surface area (Å²) in [5.74, 6) is 2.05. The van der Waals surface area contributed by atoms with Gasteiger partial charge in [-0.05, 0) is 50.0 Å². The van der Waals surface area contributed by atoms with Crippen LogP contribution < -0.4 is 20.1 Å². The molecule has 1 aromatic heterocycles. The first kappa shape index (κ1) is 21.8. The molecule has 9 heteroatoms. The highest BCUT2D eigenvalue weighted by molar-refractivity contribution is 7.13. The number of aromatic nitrogens is 1. The van der Waals surface area contributed by atoms with Crippen LogP contribution in [0.4, 0.5) is 0 Å². The molecule has 2 aromatic rings. The van der Waals surface area contributed by atoms with E-state index in [1.807, 2.05) is 18.2 Å². The monoisotopic (exact) mass is 431 g/mol. The number of nitrogens with zero attached hydrogens (tertiary/aromatic N) is 1. The molecule has 0 bridgehead atoms. The molecule has 1 amide bonds. The van der Waals surface area contributed by atoms with E-state index in [2.05, 4.69) is 15.6 Å². The van der Waals surface area contributed by atoms with Gasteiger partial charge in [-0.15, -0.1) is 36.2 Å². The molecular formula is C18H23Cl2N3O3S. The van der Waals surface area contributed by atoms with Crippen LogP contribution in [0.25, 0.3) is 10.6 Å². The van der Waals surface area contributed by atoms with Crippen LogP contribution in [-0.2, 0) is 0 Å². The van der Waals surface area contributed by atoms with E-state index in [9.17, 15) is 4.79 Å². The number of ether oxygens (including phenoxy) is 2. The highest BCUT2D eigenvalue weighted by Crippen LogP contribution is 2.35. The molecule has 0 saturated carbocycles. The molecule has 1 atom stereocenters. The molecule has 6 nitrogen and oxygen atoms in total. The number of carbonyl (C=O) groups is 1. The maximum absolute atomic E-state index is 12.3. The lowest BCUT2D eigenvalue weighted by Gasteiger charge is -2.18. The predicted molar refractivity (Wildman–Crippen MR) is 111 cm³/mol. The first-order chi connectivity index (χ1) is 12.3. The second-order valence-electron chi connectivity index (χ2n) is 6.30. The van der Waals surface area contributed by atoms with Gasteiger partial charge in [0.15, 0.2) is 11.5 Å². The zero-order valence-electron chi connectivity index (χ0n) is 14.7. The number of amides is 1.